The Morgan fingerprint density at radius 1 is 0.698 bits per heavy atom. The fraction of sp³-hybridized carbons (Fsp3) is 0.651. The second-order valence-electron chi connectivity index (χ2n) is 16.5. The summed E-state index contributed by atoms with van der Waals surface area (Å²) in [6, 6.07) is 1.88. The molecule has 0 unspecified atom stereocenters. The Balaban J connectivity index is 0.000000221. The van der Waals surface area contributed by atoms with Crippen LogP contribution >= 0.6 is 39.1 Å². The van der Waals surface area contributed by atoms with Crippen molar-refractivity contribution in [2.45, 2.75) is 165 Å². The van der Waals surface area contributed by atoms with Gasteiger partial charge < -0.3 is 5.32 Å². The van der Waals surface area contributed by atoms with Crippen LogP contribution in [0.4, 0.5) is 5.95 Å². The highest BCUT2D eigenvalue weighted by molar-refractivity contribution is 9.09. The summed E-state index contributed by atoms with van der Waals surface area (Å²) in [4.78, 5) is 53.6. The van der Waals surface area contributed by atoms with Gasteiger partial charge in [-0.1, -0.05) is 49.5 Å². The van der Waals surface area contributed by atoms with Crippen molar-refractivity contribution in [1.82, 2.24) is 63.3 Å². The van der Waals surface area contributed by atoms with Crippen molar-refractivity contribution >= 4 is 78.2 Å². The molecule has 7 rings (SSSR count). The number of H-pyrrole nitrogens is 1. The van der Waals surface area contributed by atoms with Crippen molar-refractivity contribution in [1.29, 1.82) is 0 Å². The summed E-state index contributed by atoms with van der Waals surface area (Å²) in [6.45, 7) is 30.7. The first kappa shape index (κ1) is 53.2. The molecule has 0 aliphatic carbocycles. The van der Waals surface area contributed by atoms with Gasteiger partial charge >= 0.3 is 0 Å². The van der Waals surface area contributed by atoms with E-state index in [-0.39, 0.29) is 45.4 Å². The number of aromatic amines is 1. The Bertz CT molecular complexity index is 2510. The summed E-state index contributed by atoms with van der Waals surface area (Å²) in [6.07, 6.45) is 10.2. The van der Waals surface area contributed by atoms with E-state index in [2.05, 4.69) is 110 Å². The molecule has 0 aromatic carbocycles. The second-order valence-corrected chi connectivity index (χ2v) is 18.0. The third-order valence-electron chi connectivity index (χ3n) is 10.0. The highest BCUT2D eigenvalue weighted by Gasteiger charge is 2.19. The first-order valence-corrected chi connectivity index (χ1v) is 24.0. The Kier molecular flexibility index (Phi) is 21.4. The molecule has 17 nitrogen and oxygen atoms in total. The molecule has 0 atom stereocenters. The van der Waals surface area contributed by atoms with Gasteiger partial charge in [0.15, 0.2) is 16.9 Å². The quantitative estimate of drug-likeness (QED) is 0.0932. The average molecular weight is 981 g/mol. The highest BCUT2D eigenvalue weighted by atomic mass is 79.9. The van der Waals surface area contributed by atoms with Crippen molar-refractivity contribution in [2.75, 3.05) is 23.7 Å². The Labute approximate surface area is 389 Å². The van der Waals surface area contributed by atoms with Gasteiger partial charge in [-0.15, -0.1) is 0 Å². The predicted molar refractivity (Wildman–Crippen MR) is 262 cm³/mol. The zero-order valence-corrected chi connectivity index (χ0v) is 42.5. The number of fused-ring (bicyclic) bond motifs is 4. The van der Waals surface area contributed by atoms with Crippen molar-refractivity contribution in [2.24, 2.45) is 0 Å². The van der Waals surface area contributed by atoms with Crippen molar-refractivity contribution < 1.29 is 0 Å². The standard InChI is InChI=1S/C12H17ClN4O.C11H15N5O.C8H9ClN4O.C8H19N.C4H9Br/c1-4-5-6-16-11(18)9-7-14-17(8(2)3)10(9)15-12(16)13;1-7(2)16-9-8(6-13-16)10(17)15-5-3-4-12-11(15)14-9;1-4(2)13-6-5(3-10-13)7(14)12-8(9)11-6;1-6-9(7(2)3)8(4)5;1-2-3-4-5/h7-8H,4-6H2,1-3H3;6-7H,3-5H2,1-2H3,(H,12,14);3-4H,1-2H3,(H,11,12,14);7-8H,6H2,1-5H3;2-4H2,1H3. The van der Waals surface area contributed by atoms with E-state index in [0.29, 0.717) is 57.7 Å². The van der Waals surface area contributed by atoms with E-state index in [4.69, 9.17) is 23.2 Å². The maximum Gasteiger partial charge on any atom is 0.266 e. The van der Waals surface area contributed by atoms with Gasteiger partial charge in [-0.2, -0.15) is 30.2 Å². The molecule has 0 amide bonds. The maximum absolute atomic E-state index is 12.3. The number of nitrogens with one attached hydrogen (secondary N) is 2. The topological polar surface area (TPSA) is 184 Å². The van der Waals surface area contributed by atoms with Crippen LogP contribution in [0.3, 0.4) is 0 Å². The Hall–Kier alpha value is -4.13. The second kappa shape index (κ2) is 25.4. The van der Waals surface area contributed by atoms with Crippen molar-refractivity contribution in [3.63, 3.8) is 0 Å². The lowest BCUT2D eigenvalue weighted by atomic mass is 10.2. The van der Waals surface area contributed by atoms with E-state index in [1.54, 1.807) is 31.0 Å². The normalized spacial score (nSPS) is 12.3. The van der Waals surface area contributed by atoms with Gasteiger partial charge in [0, 0.05) is 55.2 Å². The molecule has 0 bridgehead atoms. The minimum atomic E-state index is -0.257. The minimum Gasteiger partial charge on any atom is -0.355 e. The molecule has 20 heteroatoms. The van der Waals surface area contributed by atoms with E-state index in [0.717, 1.165) is 44.2 Å². The smallest absolute Gasteiger partial charge is 0.266 e. The third kappa shape index (κ3) is 13.9. The summed E-state index contributed by atoms with van der Waals surface area (Å²) in [7, 11) is 0. The molecule has 6 aromatic rings. The minimum absolute atomic E-state index is 0.00380. The molecule has 0 saturated carbocycles. The van der Waals surface area contributed by atoms with E-state index < -0.39 is 0 Å². The fourth-order valence-electron chi connectivity index (χ4n) is 6.81. The van der Waals surface area contributed by atoms with Crippen LogP contribution in [0.15, 0.2) is 33.0 Å². The van der Waals surface area contributed by atoms with Gasteiger partial charge in [-0.3, -0.25) is 33.4 Å². The maximum atomic E-state index is 12.3. The Morgan fingerprint density at radius 3 is 1.63 bits per heavy atom. The zero-order chi connectivity index (χ0) is 47.1. The predicted octanol–water partition coefficient (Wildman–Crippen LogP) is 9.28. The fourth-order valence-corrected chi connectivity index (χ4v) is 7.78. The summed E-state index contributed by atoms with van der Waals surface area (Å²) in [5.41, 5.74) is 1.40. The van der Waals surface area contributed by atoms with E-state index >= 15 is 0 Å². The summed E-state index contributed by atoms with van der Waals surface area (Å²) in [5, 5.41) is 18.8. The van der Waals surface area contributed by atoms with Crippen molar-refractivity contribution in [3.8, 4) is 0 Å². The largest absolute Gasteiger partial charge is 0.355 e. The van der Waals surface area contributed by atoms with Gasteiger partial charge in [0.1, 0.15) is 16.2 Å². The summed E-state index contributed by atoms with van der Waals surface area (Å²) >= 11 is 15.0. The number of alkyl halides is 1. The van der Waals surface area contributed by atoms with Crippen LogP contribution < -0.4 is 22.0 Å². The zero-order valence-electron chi connectivity index (χ0n) is 39.4. The van der Waals surface area contributed by atoms with E-state index in [9.17, 15) is 14.4 Å². The van der Waals surface area contributed by atoms with Crippen LogP contribution in [0.25, 0.3) is 33.1 Å². The molecule has 0 saturated heterocycles. The highest BCUT2D eigenvalue weighted by Crippen LogP contribution is 2.18. The molecule has 0 spiro atoms. The Morgan fingerprint density at radius 2 is 1.19 bits per heavy atom. The van der Waals surface area contributed by atoms with Gasteiger partial charge in [-0.05, 0) is 118 Å². The third-order valence-corrected chi connectivity index (χ3v) is 11.1. The number of anilines is 1. The van der Waals surface area contributed by atoms with Crippen LogP contribution in [-0.2, 0) is 13.1 Å². The molecule has 0 radical (unpaired) electrons. The lowest BCUT2D eigenvalue weighted by molar-refractivity contribution is 0.185. The molecular formula is C43H69BrCl2N14O3. The van der Waals surface area contributed by atoms with Crippen LogP contribution in [0.2, 0.25) is 10.6 Å². The number of aromatic nitrogens is 12. The molecule has 6 aromatic heterocycles. The molecule has 2 N–H and O–H groups in total. The number of hydrogen-bond acceptors (Lipinski definition) is 11. The first-order chi connectivity index (χ1) is 29.8. The van der Waals surface area contributed by atoms with Crippen molar-refractivity contribution in [3.05, 3.63) is 60.2 Å². The molecule has 0 fully saturated rings. The summed E-state index contributed by atoms with van der Waals surface area (Å²) in [5.74, 6) is 0.663. The SMILES string of the molecule is CC(C)n1ncc2c(=O)[nH]c(Cl)nc21.CC(C)n1ncc2c(=O)n3c(nc21)NCCC3.CCCCBr.CCCCn1c(Cl)nc2c(cnn2C(C)C)c1=O.CCN(C(C)C)C(C)C. The molecule has 1 aliphatic heterocycles. The monoisotopic (exact) mass is 978 g/mol. The molecular weight excluding hydrogens is 911 g/mol. The average Bonchev–Trinajstić information content (AvgIpc) is 3.97. The molecule has 1 aliphatic rings. The van der Waals surface area contributed by atoms with Gasteiger partial charge in [0.05, 0.1) is 18.6 Å². The van der Waals surface area contributed by atoms with Gasteiger partial charge in [0.25, 0.3) is 16.7 Å². The number of halogens is 3. The van der Waals surface area contributed by atoms with Gasteiger partial charge in [-0.25, -0.2) is 14.0 Å². The lowest BCUT2D eigenvalue weighted by Crippen LogP contribution is -2.36. The number of rotatable bonds is 11. The first-order valence-electron chi connectivity index (χ1n) is 22.1. The van der Waals surface area contributed by atoms with Gasteiger partial charge in [0.2, 0.25) is 16.5 Å². The molecule has 350 valence electrons. The summed E-state index contributed by atoms with van der Waals surface area (Å²) < 4.78 is 8.37. The number of hydrogen-bond donors (Lipinski definition) is 2. The van der Waals surface area contributed by atoms with Crippen LogP contribution in [0, 0.1) is 0 Å². The van der Waals surface area contributed by atoms with Crippen LogP contribution in [-0.4, -0.2) is 93.8 Å². The van der Waals surface area contributed by atoms with Crippen LogP contribution in [0.1, 0.15) is 140 Å². The number of unbranched alkanes of at least 4 members (excludes halogenated alkanes) is 2. The lowest BCUT2D eigenvalue weighted by Gasteiger charge is -2.28. The molecule has 63 heavy (non-hydrogen) atoms. The van der Waals surface area contributed by atoms with E-state index in [1.807, 2.05) is 41.5 Å². The number of nitrogens with zero attached hydrogens (tertiary/aromatic N) is 12. The van der Waals surface area contributed by atoms with E-state index in [1.165, 1.54) is 23.6 Å². The van der Waals surface area contributed by atoms with Crippen LogP contribution in [0.5, 0.6) is 0 Å². The molecule has 7 heterocycles.